The summed E-state index contributed by atoms with van der Waals surface area (Å²) in [4.78, 5) is 63.0. The molecule has 2 aliphatic heterocycles. The molecule has 3 fully saturated rings. The van der Waals surface area contributed by atoms with Crippen LogP contribution in [-0.2, 0) is 24.6 Å². The third-order valence-electron chi connectivity index (χ3n) is 12.8. The smallest absolute Gasteiger partial charge is 0.260 e. The molecular weight excluding hydrogens is 883 g/mol. The van der Waals surface area contributed by atoms with Gasteiger partial charge >= 0.3 is 0 Å². The number of rotatable bonds is 9. The number of ether oxygens (including phenoxy) is 1. The largest absolute Gasteiger partial charge is 0.504 e. The predicted octanol–water partition coefficient (Wildman–Crippen LogP) is 8.98. The Morgan fingerprint density at radius 1 is 0.820 bits per heavy atom. The Morgan fingerprint density at radius 2 is 1.48 bits per heavy atom. The number of aromatic hydroxyl groups is 1. The quantitative estimate of drug-likeness (QED) is 0.0646. The molecule has 5 aromatic carbocycles. The van der Waals surface area contributed by atoms with Crippen LogP contribution in [0.25, 0.3) is 0 Å². The number of benzene rings is 5. The van der Waals surface area contributed by atoms with Crippen LogP contribution < -0.4 is 20.0 Å². The standard InChI is InChI=1S/C48H43IN6O6/c1-27-10-12-32(13-11-27)52-55-45(58)38-26-37-35(42(28-24-39(49)43(56)40(25-28)61-4)48(38,47(55)60)29-8-6-5-7-9-29)22-23-36-41(37)46(59)54(44(36)57)34-20-16-31(17-21-34)51-50-30-14-18-33(19-15-30)53(2)3/h5-22,24-25,36-38,41-42,52,56H,23,26H2,1-4H3/t36-,37+,38-,41-,42-,48+/m0/s1. The van der Waals surface area contributed by atoms with E-state index < -0.39 is 46.8 Å². The van der Waals surface area contributed by atoms with Gasteiger partial charge in [0, 0.05) is 25.7 Å². The SMILES string of the molecule is COc1cc([C@H]2C3=CC[C@@H]4C(=O)N(c5ccc(N=Nc6ccc(N(C)C)cc6)cc5)C(=O)[C@@H]4[C@@H]3C[C@H]3C(=O)N(Nc4ccc(C)cc4)C(=O)[C@@]23c2ccccc2)cc(I)c1O. The van der Waals surface area contributed by atoms with E-state index >= 15 is 9.59 Å². The summed E-state index contributed by atoms with van der Waals surface area (Å²) in [5, 5.41) is 20.9. The normalized spacial score (nSPS) is 24.4. The molecule has 6 atom stereocenters. The number of halogens is 1. The summed E-state index contributed by atoms with van der Waals surface area (Å²) in [5.41, 5.74) is 8.08. The van der Waals surface area contributed by atoms with E-state index in [1.54, 1.807) is 30.3 Å². The Bertz CT molecular complexity index is 2630. The molecule has 0 bridgehead atoms. The average Bonchev–Trinajstić information content (AvgIpc) is 3.65. The Labute approximate surface area is 367 Å². The van der Waals surface area contributed by atoms with Gasteiger partial charge in [0.2, 0.25) is 11.8 Å². The first-order chi connectivity index (χ1) is 29.4. The molecule has 61 heavy (non-hydrogen) atoms. The summed E-state index contributed by atoms with van der Waals surface area (Å²) in [6.45, 7) is 1.96. The van der Waals surface area contributed by atoms with Crippen molar-refractivity contribution in [3.05, 3.63) is 147 Å². The minimum absolute atomic E-state index is 0.0444. The number of hydrogen-bond donors (Lipinski definition) is 2. The number of nitrogens with zero attached hydrogens (tertiary/aromatic N) is 5. The van der Waals surface area contributed by atoms with Gasteiger partial charge in [0.15, 0.2) is 11.5 Å². The van der Waals surface area contributed by atoms with Gasteiger partial charge in [-0.3, -0.25) is 29.5 Å². The number of fused-ring (bicyclic) bond motifs is 4. The second kappa shape index (κ2) is 15.6. The zero-order valence-corrected chi connectivity index (χ0v) is 36.1. The molecule has 2 heterocycles. The van der Waals surface area contributed by atoms with Gasteiger partial charge in [-0.1, -0.05) is 59.7 Å². The third kappa shape index (κ3) is 6.57. The maximum atomic E-state index is 15.5. The summed E-state index contributed by atoms with van der Waals surface area (Å²) < 4.78 is 6.15. The Hall–Kier alpha value is -6.35. The highest BCUT2D eigenvalue weighted by Crippen LogP contribution is 2.64. The second-order valence-corrected chi connectivity index (χ2v) is 17.4. The number of aryl methyl sites for hydroxylation is 1. The van der Waals surface area contributed by atoms with Crippen molar-refractivity contribution in [1.29, 1.82) is 0 Å². The van der Waals surface area contributed by atoms with Gasteiger partial charge in [0.05, 0.1) is 56.6 Å². The van der Waals surface area contributed by atoms with Crippen LogP contribution in [0.5, 0.6) is 11.5 Å². The van der Waals surface area contributed by atoms with Crippen LogP contribution in [0.3, 0.4) is 0 Å². The molecule has 0 spiro atoms. The van der Waals surface area contributed by atoms with Crippen molar-refractivity contribution >= 4 is 74.7 Å². The van der Waals surface area contributed by atoms with E-state index in [1.807, 2.05) is 140 Å². The predicted molar refractivity (Wildman–Crippen MR) is 240 cm³/mol. The van der Waals surface area contributed by atoms with E-state index in [9.17, 15) is 14.7 Å². The molecule has 5 aromatic rings. The summed E-state index contributed by atoms with van der Waals surface area (Å²) in [7, 11) is 5.40. The molecule has 2 aliphatic carbocycles. The van der Waals surface area contributed by atoms with Crippen LogP contribution in [0.1, 0.15) is 35.4 Å². The van der Waals surface area contributed by atoms with Crippen LogP contribution in [0, 0.1) is 34.2 Å². The van der Waals surface area contributed by atoms with Crippen molar-refractivity contribution in [3.8, 4) is 11.5 Å². The number of allylic oxidation sites excluding steroid dienone is 2. The lowest BCUT2D eigenvalue weighted by molar-refractivity contribution is -0.138. The lowest BCUT2D eigenvalue weighted by Gasteiger charge is -2.50. The molecule has 0 radical (unpaired) electrons. The van der Waals surface area contributed by atoms with E-state index in [1.165, 1.54) is 12.0 Å². The maximum absolute atomic E-state index is 15.5. The van der Waals surface area contributed by atoms with Crippen molar-refractivity contribution < 1.29 is 29.0 Å². The monoisotopic (exact) mass is 926 g/mol. The van der Waals surface area contributed by atoms with Gasteiger partial charge in [-0.2, -0.15) is 15.2 Å². The number of hydrazine groups is 1. The molecule has 9 rings (SSSR count). The minimum atomic E-state index is -1.46. The van der Waals surface area contributed by atoms with E-state index in [4.69, 9.17) is 4.74 Å². The highest BCUT2D eigenvalue weighted by molar-refractivity contribution is 14.1. The summed E-state index contributed by atoms with van der Waals surface area (Å²) in [6, 6.07) is 34.9. The van der Waals surface area contributed by atoms with E-state index in [2.05, 4.69) is 15.7 Å². The summed E-state index contributed by atoms with van der Waals surface area (Å²) in [5.74, 6) is -5.06. The lowest BCUT2D eigenvalue weighted by atomic mass is 9.49. The molecule has 13 heteroatoms. The number of imide groups is 2. The fourth-order valence-electron chi connectivity index (χ4n) is 9.89. The van der Waals surface area contributed by atoms with Crippen LogP contribution in [0.4, 0.5) is 28.4 Å². The number of phenolic OH excluding ortho intramolecular Hbond substituents is 1. The molecule has 2 N–H and O–H groups in total. The van der Waals surface area contributed by atoms with E-state index in [0.717, 1.165) is 21.8 Å². The number of phenols is 1. The number of hydrogen-bond acceptors (Lipinski definition) is 10. The van der Waals surface area contributed by atoms with Gasteiger partial charge < -0.3 is 14.7 Å². The molecule has 4 aliphatic rings. The average molecular weight is 927 g/mol. The van der Waals surface area contributed by atoms with E-state index in [-0.39, 0.29) is 36.2 Å². The number of methoxy groups -OCH3 is 1. The molecule has 12 nitrogen and oxygen atoms in total. The zero-order chi connectivity index (χ0) is 42.7. The van der Waals surface area contributed by atoms with Crippen LogP contribution in [0.15, 0.2) is 137 Å². The van der Waals surface area contributed by atoms with Gasteiger partial charge in [-0.05, 0) is 132 Å². The first-order valence-electron chi connectivity index (χ1n) is 20.1. The summed E-state index contributed by atoms with van der Waals surface area (Å²) >= 11 is 2.04. The summed E-state index contributed by atoms with van der Waals surface area (Å²) in [6.07, 6.45) is 2.44. The molecular formula is C48H43IN6O6. The van der Waals surface area contributed by atoms with Crippen LogP contribution >= 0.6 is 22.6 Å². The van der Waals surface area contributed by atoms with E-state index in [0.29, 0.717) is 37.4 Å². The molecule has 308 valence electrons. The van der Waals surface area contributed by atoms with Crippen molar-refractivity contribution in [2.24, 2.45) is 33.9 Å². The molecule has 0 aromatic heterocycles. The fourth-order valence-corrected chi connectivity index (χ4v) is 10.5. The number of carbonyl (C=O) groups excluding carboxylic acids is 4. The highest BCUT2D eigenvalue weighted by Gasteiger charge is 2.70. The van der Waals surface area contributed by atoms with Crippen LogP contribution in [-0.4, -0.2) is 54.9 Å². The Balaban J connectivity index is 1.12. The minimum Gasteiger partial charge on any atom is -0.504 e. The van der Waals surface area contributed by atoms with Crippen molar-refractivity contribution in [3.63, 3.8) is 0 Å². The number of carbonyl (C=O) groups is 4. The number of nitrogens with one attached hydrogen (secondary N) is 1. The molecule has 1 saturated carbocycles. The topological polar surface area (TPSA) is 144 Å². The zero-order valence-electron chi connectivity index (χ0n) is 34.0. The Kier molecular flexibility index (Phi) is 10.2. The molecule has 0 unspecified atom stereocenters. The number of azo groups is 1. The van der Waals surface area contributed by atoms with Crippen molar-refractivity contribution in [2.75, 3.05) is 36.4 Å². The van der Waals surface area contributed by atoms with Gasteiger partial charge in [0.1, 0.15) is 0 Å². The van der Waals surface area contributed by atoms with Gasteiger partial charge in [0.25, 0.3) is 11.8 Å². The van der Waals surface area contributed by atoms with Crippen LogP contribution in [0.2, 0.25) is 0 Å². The third-order valence-corrected chi connectivity index (χ3v) is 13.6. The van der Waals surface area contributed by atoms with Gasteiger partial charge in [-0.25, -0.2) is 0 Å². The van der Waals surface area contributed by atoms with Gasteiger partial charge in [-0.15, -0.1) is 0 Å². The maximum Gasteiger partial charge on any atom is 0.260 e. The molecule has 4 amide bonds. The first kappa shape index (κ1) is 40.1. The second-order valence-electron chi connectivity index (χ2n) is 16.3. The first-order valence-corrected chi connectivity index (χ1v) is 21.2. The number of anilines is 3. The van der Waals surface area contributed by atoms with Crippen molar-refractivity contribution in [2.45, 2.75) is 31.1 Å². The fraction of sp³-hybridized carbons (Fsp3) is 0.250. The number of amides is 4. The Morgan fingerprint density at radius 3 is 2.11 bits per heavy atom. The highest BCUT2D eigenvalue weighted by atomic mass is 127. The lowest BCUT2D eigenvalue weighted by Crippen LogP contribution is -2.53. The van der Waals surface area contributed by atoms with Crippen molar-refractivity contribution in [1.82, 2.24) is 5.01 Å². The molecule has 2 saturated heterocycles.